The number of nitrogens with zero attached hydrogens (tertiary/aromatic N) is 1. The summed E-state index contributed by atoms with van der Waals surface area (Å²) in [5.41, 5.74) is 0. The molecule has 56 valence electrons. The van der Waals surface area contributed by atoms with Gasteiger partial charge in [0.05, 0.1) is 0 Å². The zero-order valence-electron chi connectivity index (χ0n) is 5.10. The average molecular weight is 163 g/mol. The van der Waals surface area contributed by atoms with Crippen molar-refractivity contribution in [3.05, 3.63) is 11.8 Å². The van der Waals surface area contributed by atoms with Gasteiger partial charge in [-0.1, -0.05) is 4.36 Å². The molecule has 0 saturated carbocycles. The molecule has 0 aliphatic carbocycles. The van der Waals surface area contributed by atoms with E-state index in [1.807, 2.05) is 0 Å². The van der Waals surface area contributed by atoms with Crippen molar-refractivity contribution in [3.63, 3.8) is 0 Å². The van der Waals surface area contributed by atoms with Gasteiger partial charge in [-0.2, -0.15) is 4.21 Å². The summed E-state index contributed by atoms with van der Waals surface area (Å²) in [6.07, 6.45) is 1.04. The van der Waals surface area contributed by atoms with E-state index < -0.39 is 16.2 Å². The normalized spacial score (nSPS) is 32.2. The molecule has 6 heteroatoms. The fourth-order valence-electron chi connectivity index (χ4n) is 0.528. The number of rotatable bonds is 0. The molecular weight excluding hydrogens is 158 g/mol. The molecule has 1 aliphatic rings. The standard InChI is InChI=1S/C4H5NO4S/c1-3-2-4(6)5-10(7,8)9-3/h2H,1H3,(H,5,6,7,8). The van der Waals surface area contributed by atoms with Crippen LogP contribution in [0.3, 0.4) is 0 Å². The summed E-state index contributed by atoms with van der Waals surface area (Å²) in [5, 5.41) is 0. The van der Waals surface area contributed by atoms with Gasteiger partial charge in [-0.15, -0.1) is 0 Å². The molecule has 0 aromatic heterocycles. The summed E-state index contributed by atoms with van der Waals surface area (Å²) in [5.74, 6) is -0.635. The van der Waals surface area contributed by atoms with E-state index in [0.29, 0.717) is 0 Å². The van der Waals surface area contributed by atoms with Gasteiger partial charge in [0.15, 0.2) is 0 Å². The second-order valence-corrected chi connectivity index (χ2v) is 2.96. The van der Waals surface area contributed by atoms with Crippen LogP contribution in [0, 0.1) is 0 Å². The number of carbonyl (C=O) groups excluding carboxylic acids is 1. The Bertz CT molecular complexity index is 309. The molecule has 0 spiro atoms. The van der Waals surface area contributed by atoms with Crippen LogP contribution in [0.25, 0.3) is 0 Å². The van der Waals surface area contributed by atoms with E-state index in [9.17, 15) is 9.00 Å². The molecule has 0 aromatic carbocycles. The third kappa shape index (κ3) is 1.55. The lowest BCUT2D eigenvalue weighted by Crippen LogP contribution is -2.10. The minimum atomic E-state index is -3.72. The molecule has 1 unspecified atom stereocenters. The highest BCUT2D eigenvalue weighted by Crippen LogP contribution is 2.09. The third-order valence-electron chi connectivity index (χ3n) is 0.772. The maximum Gasteiger partial charge on any atom is 0.344 e. The van der Waals surface area contributed by atoms with E-state index >= 15 is 0 Å². The highest BCUT2D eigenvalue weighted by Gasteiger charge is 2.14. The smallest absolute Gasteiger partial charge is 0.344 e. The van der Waals surface area contributed by atoms with Gasteiger partial charge in [-0.25, -0.2) is 0 Å². The molecule has 1 heterocycles. The lowest BCUT2D eigenvalue weighted by atomic mass is 10.5. The van der Waals surface area contributed by atoms with Gasteiger partial charge >= 0.3 is 10.3 Å². The Kier molecular flexibility index (Phi) is 1.49. The molecule has 10 heavy (non-hydrogen) atoms. The minimum Gasteiger partial charge on any atom is -0.381 e. The van der Waals surface area contributed by atoms with Crippen LogP contribution < -0.4 is 0 Å². The van der Waals surface area contributed by atoms with E-state index in [1.54, 1.807) is 0 Å². The number of allylic oxidation sites excluding steroid dienone is 1. The van der Waals surface area contributed by atoms with Gasteiger partial charge in [0.25, 0.3) is 5.91 Å². The topological polar surface area (TPSA) is 76.0 Å². The SMILES string of the molecule is CC1=CC(=O)N=S(=O)(O)O1. The number of hydrogen-bond acceptors (Lipinski definition) is 3. The van der Waals surface area contributed by atoms with Crippen LogP contribution in [0.15, 0.2) is 16.2 Å². The van der Waals surface area contributed by atoms with Crippen LogP contribution in [0.5, 0.6) is 0 Å². The Hall–Kier alpha value is -0.880. The fourth-order valence-corrected chi connectivity index (χ4v) is 1.24. The lowest BCUT2D eigenvalue weighted by molar-refractivity contribution is -0.113. The summed E-state index contributed by atoms with van der Waals surface area (Å²) < 4.78 is 26.2. The molecule has 0 bridgehead atoms. The Morgan fingerprint density at radius 2 is 2.40 bits per heavy atom. The first-order valence-electron chi connectivity index (χ1n) is 2.41. The van der Waals surface area contributed by atoms with E-state index in [-0.39, 0.29) is 5.76 Å². The number of hydrogen-bond donors (Lipinski definition) is 1. The van der Waals surface area contributed by atoms with Crippen LogP contribution in [0.4, 0.5) is 0 Å². The zero-order chi connectivity index (χ0) is 7.78. The number of amides is 1. The van der Waals surface area contributed by atoms with Crippen LogP contribution in [-0.4, -0.2) is 14.7 Å². The van der Waals surface area contributed by atoms with Crippen LogP contribution in [0.2, 0.25) is 0 Å². The van der Waals surface area contributed by atoms with Crippen LogP contribution in [0.1, 0.15) is 6.92 Å². The monoisotopic (exact) mass is 163 g/mol. The van der Waals surface area contributed by atoms with E-state index in [4.69, 9.17) is 4.55 Å². The fraction of sp³-hybridized carbons (Fsp3) is 0.250. The molecule has 1 rings (SSSR count). The van der Waals surface area contributed by atoms with Crippen molar-refractivity contribution < 1.29 is 17.7 Å². The molecular formula is C4H5NO4S. The number of carbonyl (C=O) groups is 1. The van der Waals surface area contributed by atoms with Crippen molar-refractivity contribution in [1.29, 1.82) is 0 Å². The first kappa shape index (κ1) is 7.23. The Morgan fingerprint density at radius 1 is 1.80 bits per heavy atom. The molecule has 1 atom stereocenters. The molecule has 0 aromatic rings. The van der Waals surface area contributed by atoms with Crippen molar-refractivity contribution in [2.24, 2.45) is 4.36 Å². The molecule has 0 radical (unpaired) electrons. The second kappa shape index (κ2) is 2.06. The molecule has 0 saturated heterocycles. The van der Waals surface area contributed by atoms with Crippen molar-refractivity contribution >= 4 is 16.2 Å². The summed E-state index contributed by atoms with van der Waals surface area (Å²) in [7, 11) is -3.72. The summed E-state index contributed by atoms with van der Waals surface area (Å²) in [6, 6.07) is 0. The predicted molar refractivity (Wildman–Crippen MR) is 33.0 cm³/mol. The van der Waals surface area contributed by atoms with Gasteiger partial charge in [-0.05, 0) is 6.92 Å². The molecule has 5 nitrogen and oxygen atoms in total. The van der Waals surface area contributed by atoms with Gasteiger partial charge in [0.1, 0.15) is 5.76 Å². The lowest BCUT2D eigenvalue weighted by Gasteiger charge is -2.07. The second-order valence-electron chi connectivity index (χ2n) is 1.72. The average Bonchev–Trinajstić information content (AvgIpc) is 1.54. The van der Waals surface area contributed by atoms with Gasteiger partial charge in [0.2, 0.25) is 0 Å². The molecule has 0 fully saturated rings. The first-order chi connectivity index (χ1) is 4.49. The van der Waals surface area contributed by atoms with Crippen molar-refractivity contribution in [2.75, 3.05) is 0 Å². The molecule has 1 N–H and O–H groups in total. The summed E-state index contributed by atoms with van der Waals surface area (Å²) in [4.78, 5) is 10.4. The first-order valence-corrected chi connectivity index (χ1v) is 3.80. The Morgan fingerprint density at radius 3 is 2.80 bits per heavy atom. The van der Waals surface area contributed by atoms with Crippen LogP contribution in [-0.2, 0) is 19.3 Å². The summed E-state index contributed by atoms with van der Waals surface area (Å²) in [6.45, 7) is 1.41. The van der Waals surface area contributed by atoms with Gasteiger partial charge in [0, 0.05) is 6.08 Å². The van der Waals surface area contributed by atoms with Crippen molar-refractivity contribution in [2.45, 2.75) is 6.92 Å². The van der Waals surface area contributed by atoms with E-state index in [0.717, 1.165) is 6.08 Å². The summed E-state index contributed by atoms with van der Waals surface area (Å²) >= 11 is 0. The highest BCUT2D eigenvalue weighted by molar-refractivity contribution is 7.83. The molecule has 1 aliphatic heterocycles. The molecule has 1 amide bonds. The Balaban J connectivity index is 3.09. The minimum absolute atomic E-state index is 0.104. The maximum atomic E-state index is 10.5. The van der Waals surface area contributed by atoms with E-state index in [1.165, 1.54) is 6.92 Å². The van der Waals surface area contributed by atoms with E-state index in [2.05, 4.69) is 8.55 Å². The largest absolute Gasteiger partial charge is 0.381 e. The zero-order valence-corrected chi connectivity index (χ0v) is 5.92. The third-order valence-corrected chi connectivity index (χ3v) is 1.66. The van der Waals surface area contributed by atoms with Crippen molar-refractivity contribution in [1.82, 2.24) is 0 Å². The predicted octanol–water partition coefficient (Wildman–Crippen LogP) is 0.303. The van der Waals surface area contributed by atoms with Gasteiger partial charge < -0.3 is 4.18 Å². The quantitative estimate of drug-likeness (QED) is 0.557. The maximum absolute atomic E-state index is 10.5. The van der Waals surface area contributed by atoms with Gasteiger partial charge in [-0.3, -0.25) is 9.35 Å². The Labute approximate surface area is 57.9 Å². The van der Waals surface area contributed by atoms with Crippen molar-refractivity contribution in [3.8, 4) is 0 Å². The van der Waals surface area contributed by atoms with Crippen LogP contribution >= 0.6 is 0 Å². The highest BCUT2D eigenvalue weighted by atomic mass is 32.2.